The number of hydrogen-bond donors (Lipinski definition) is 0. The summed E-state index contributed by atoms with van der Waals surface area (Å²) in [5.41, 5.74) is 1.16. The van der Waals surface area contributed by atoms with Crippen LogP contribution >= 0.6 is 0 Å². The first kappa shape index (κ1) is 20.3. The minimum atomic E-state index is -3.87. The Morgan fingerprint density at radius 3 is 2.71 bits per heavy atom. The number of ether oxygens (including phenoxy) is 1. The zero-order valence-electron chi connectivity index (χ0n) is 16.5. The van der Waals surface area contributed by atoms with Gasteiger partial charge in [-0.3, -0.25) is 4.79 Å². The van der Waals surface area contributed by atoms with Crippen molar-refractivity contribution in [2.45, 2.75) is 44.2 Å². The number of carbonyl (C=O) groups excluding carboxylic acids is 1. The van der Waals surface area contributed by atoms with Gasteiger partial charge in [-0.15, -0.1) is 0 Å². The predicted octanol–water partition coefficient (Wildman–Crippen LogP) is 2.11. The van der Waals surface area contributed by atoms with Crippen LogP contribution in [-0.2, 0) is 21.4 Å². The van der Waals surface area contributed by atoms with Gasteiger partial charge in [0.2, 0.25) is 15.9 Å². The largest absolute Gasteiger partial charge is 0.496 e. The number of sulfonamides is 1. The average molecular weight is 407 g/mol. The van der Waals surface area contributed by atoms with Crippen molar-refractivity contribution in [3.8, 4) is 5.75 Å². The third-order valence-electron chi connectivity index (χ3n) is 5.00. The number of aryl methyl sites for hydroxylation is 2. The molecular weight excluding hydrogens is 382 g/mol. The molecule has 1 aromatic carbocycles. The van der Waals surface area contributed by atoms with Gasteiger partial charge in [-0.1, -0.05) is 23.4 Å². The van der Waals surface area contributed by atoms with Crippen LogP contribution in [0.2, 0.25) is 0 Å². The maximum atomic E-state index is 13.2. The van der Waals surface area contributed by atoms with Crippen molar-refractivity contribution in [2.24, 2.45) is 0 Å². The molecule has 1 saturated heterocycles. The number of benzene rings is 1. The second kappa shape index (κ2) is 7.92. The van der Waals surface area contributed by atoms with Crippen molar-refractivity contribution in [2.75, 3.05) is 20.7 Å². The second-order valence-corrected chi connectivity index (χ2v) is 8.76. The van der Waals surface area contributed by atoms with Crippen molar-refractivity contribution in [1.82, 2.24) is 14.4 Å². The van der Waals surface area contributed by atoms with Crippen LogP contribution in [0.15, 0.2) is 33.7 Å². The SMILES string of the molecule is COc1ccccc1CN(C)C(=O)C1CCCN1S(=O)(=O)c1c(C)noc1C. The van der Waals surface area contributed by atoms with E-state index < -0.39 is 16.1 Å². The van der Waals surface area contributed by atoms with Crippen LogP contribution < -0.4 is 4.74 Å². The number of hydrogen-bond acceptors (Lipinski definition) is 6. The molecule has 1 aliphatic heterocycles. The number of amides is 1. The normalized spacial score (nSPS) is 17.6. The first-order valence-electron chi connectivity index (χ1n) is 9.09. The highest BCUT2D eigenvalue weighted by Gasteiger charge is 2.42. The number of methoxy groups -OCH3 is 1. The first-order valence-corrected chi connectivity index (χ1v) is 10.5. The Morgan fingerprint density at radius 2 is 2.07 bits per heavy atom. The summed E-state index contributed by atoms with van der Waals surface area (Å²) in [7, 11) is -0.612. The Hall–Kier alpha value is -2.39. The van der Waals surface area contributed by atoms with Crippen LogP contribution in [-0.4, -0.2) is 55.4 Å². The van der Waals surface area contributed by atoms with Gasteiger partial charge in [0.1, 0.15) is 22.4 Å². The van der Waals surface area contributed by atoms with E-state index in [0.717, 1.165) is 5.56 Å². The van der Waals surface area contributed by atoms with E-state index in [1.165, 1.54) is 4.31 Å². The molecule has 9 heteroatoms. The zero-order chi connectivity index (χ0) is 20.5. The highest BCUT2D eigenvalue weighted by Crippen LogP contribution is 2.31. The zero-order valence-corrected chi connectivity index (χ0v) is 17.3. The summed E-state index contributed by atoms with van der Waals surface area (Å²) in [4.78, 5) is 14.7. The lowest BCUT2D eigenvalue weighted by Gasteiger charge is -2.27. The molecule has 28 heavy (non-hydrogen) atoms. The lowest BCUT2D eigenvalue weighted by molar-refractivity contribution is -0.133. The van der Waals surface area contributed by atoms with Crippen molar-refractivity contribution >= 4 is 15.9 Å². The fourth-order valence-corrected chi connectivity index (χ4v) is 5.60. The van der Waals surface area contributed by atoms with E-state index in [2.05, 4.69) is 5.16 Å². The molecule has 1 fully saturated rings. The molecule has 0 radical (unpaired) electrons. The van der Waals surface area contributed by atoms with E-state index in [1.54, 1.807) is 32.9 Å². The predicted molar refractivity (Wildman–Crippen MR) is 102 cm³/mol. The quantitative estimate of drug-likeness (QED) is 0.728. The van der Waals surface area contributed by atoms with Crippen LogP contribution in [0.3, 0.4) is 0 Å². The summed E-state index contributed by atoms with van der Waals surface area (Å²) in [5, 5.41) is 3.74. The van der Waals surface area contributed by atoms with Crippen molar-refractivity contribution in [3.05, 3.63) is 41.3 Å². The summed E-state index contributed by atoms with van der Waals surface area (Å²) < 4.78 is 38.0. The van der Waals surface area contributed by atoms with E-state index in [1.807, 2.05) is 24.3 Å². The Morgan fingerprint density at radius 1 is 1.36 bits per heavy atom. The van der Waals surface area contributed by atoms with E-state index in [-0.39, 0.29) is 16.6 Å². The van der Waals surface area contributed by atoms with Crippen molar-refractivity contribution in [3.63, 3.8) is 0 Å². The van der Waals surface area contributed by atoms with Gasteiger partial charge in [-0.25, -0.2) is 8.42 Å². The second-order valence-electron chi connectivity index (χ2n) is 6.93. The highest BCUT2D eigenvalue weighted by molar-refractivity contribution is 7.89. The van der Waals surface area contributed by atoms with Gasteiger partial charge in [0, 0.05) is 25.7 Å². The Labute approximate surface area is 165 Å². The van der Waals surface area contributed by atoms with Crippen LogP contribution in [0.25, 0.3) is 0 Å². The van der Waals surface area contributed by atoms with E-state index in [4.69, 9.17) is 9.26 Å². The fourth-order valence-electron chi connectivity index (χ4n) is 3.66. The molecule has 1 atom stereocenters. The lowest BCUT2D eigenvalue weighted by Crippen LogP contribution is -2.46. The number of para-hydroxylation sites is 1. The molecule has 1 aromatic heterocycles. The Balaban J connectivity index is 1.83. The van der Waals surface area contributed by atoms with E-state index >= 15 is 0 Å². The lowest BCUT2D eigenvalue weighted by atomic mass is 10.1. The number of carbonyl (C=O) groups is 1. The third-order valence-corrected chi connectivity index (χ3v) is 7.15. The molecule has 1 unspecified atom stereocenters. The molecule has 0 aliphatic carbocycles. The smallest absolute Gasteiger partial charge is 0.249 e. The number of aromatic nitrogens is 1. The van der Waals surface area contributed by atoms with Crippen molar-refractivity contribution in [1.29, 1.82) is 0 Å². The first-order chi connectivity index (χ1) is 13.3. The summed E-state index contributed by atoms with van der Waals surface area (Å²) in [5.74, 6) is 0.686. The maximum Gasteiger partial charge on any atom is 0.249 e. The van der Waals surface area contributed by atoms with Gasteiger partial charge < -0.3 is 14.2 Å². The Kier molecular flexibility index (Phi) is 5.76. The summed E-state index contributed by atoms with van der Waals surface area (Å²) in [6, 6.07) is 6.71. The minimum Gasteiger partial charge on any atom is -0.496 e. The highest BCUT2D eigenvalue weighted by atomic mass is 32.2. The maximum absolute atomic E-state index is 13.2. The van der Waals surface area contributed by atoms with Crippen LogP contribution in [0, 0.1) is 13.8 Å². The van der Waals surface area contributed by atoms with Gasteiger partial charge in [0.15, 0.2) is 5.76 Å². The number of nitrogens with zero attached hydrogens (tertiary/aromatic N) is 3. The average Bonchev–Trinajstić information content (AvgIpc) is 3.29. The Bertz CT molecular complexity index is 950. The van der Waals surface area contributed by atoms with Crippen LogP contribution in [0.4, 0.5) is 0 Å². The summed E-state index contributed by atoms with van der Waals surface area (Å²) >= 11 is 0. The molecule has 1 amide bonds. The third kappa shape index (κ3) is 3.64. The molecule has 2 heterocycles. The van der Waals surface area contributed by atoms with Gasteiger partial charge in [0.05, 0.1) is 7.11 Å². The molecule has 0 bridgehead atoms. The molecule has 0 saturated carbocycles. The molecule has 8 nitrogen and oxygen atoms in total. The van der Waals surface area contributed by atoms with E-state index in [9.17, 15) is 13.2 Å². The fraction of sp³-hybridized carbons (Fsp3) is 0.474. The number of likely N-dealkylation sites (N-methyl/N-ethyl adjacent to an activating group) is 1. The monoisotopic (exact) mass is 407 g/mol. The number of rotatable bonds is 6. The van der Waals surface area contributed by atoms with Gasteiger partial charge in [-0.05, 0) is 32.8 Å². The molecular formula is C19H25N3O5S. The standard InChI is InChI=1S/C19H25N3O5S/c1-13-18(14(2)27-20-13)28(24,25)22-11-7-9-16(22)19(23)21(3)12-15-8-5-6-10-17(15)26-4/h5-6,8,10,16H,7,9,11-12H2,1-4H3. The molecule has 0 spiro atoms. The molecule has 3 rings (SSSR count). The van der Waals surface area contributed by atoms with Crippen LogP contribution in [0.5, 0.6) is 5.75 Å². The molecule has 0 N–H and O–H groups in total. The molecule has 2 aromatic rings. The minimum absolute atomic E-state index is 0.0552. The van der Waals surface area contributed by atoms with E-state index in [0.29, 0.717) is 37.4 Å². The topological polar surface area (TPSA) is 93.0 Å². The summed E-state index contributed by atoms with van der Waals surface area (Å²) in [6.07, 6.45) is 1.11. The van der Waals surface area contributed by atoms with Crippen molar-refractivity contribution < 1.29 is 22.5 Å². The molecule has 1 aliphatic rings. The summed E-state index contributed by atoms with van der Waals surface area (Å²) in [6.45, 7) is 3.78. The van der Waals surface area contributed by atoms with Gasteiger partial charge >= 0.3 is 0 Å². The van der Waals surface area contributed by atoms with Gasteiger partial charge in [-0.2, -0.15) is 4.31 Å². The van der Waals surface area contributed by atoms with Crippen LogP contribution in [0.1, 0.15) is 29.9 Å². The molecule has 152 valence electrons. The van der Waals surface area contributed by atoms with Gasteiger partial charge in [0.25, 0.3) is 0 Å².